The Morgan fingerprint density at radius 3 is 1.61 bits per heavy atom. The number of carboxylic acid groups (broad SMARTS) is 1. The fourth-order valence-corrected chi connectivity index (χ4v) is 1.60. The average Bonchev–Trinajstić information content (AvgIpc) is 2.28. The van der Waals surface area contributed by atoms with Gasteiger partial charge in [-0.3, -0.25) is 0 Å². The van der Waals surface area contributed by atoms with Crippen LogP contribution < -0.4 is 0 Å². The number of aliphatic carboxylic acids is 1. The standard InChI is InChI=1S/C15H27NO7/c1-14(2,3)22-12(20)16(13(21)23-15(4,5)6)10(11(18)19)8-7-9-17/h10,17H,7-9H2,1-6H3,(H,18,19)/t10-/m0/s1. The van der Waals surface area contributed by atoms with Gasteiger partial charge in [-0.25, -0.2) is 14.4 Å². The van der Waals surface area contributed by atoms with E-state index in [2.05, 4.69) is 0 Å². The Morgan fingerprint density at radius 1 is 0.957 bits per heavy atom. The van der Waals surface area contributed by atoms with Gasteiger partial charge >= 0.3 is 18.2 Å². The van der Waals surface area contributed by atoms with E-state index in [1.165, 1.54) is 0 Å². The van der Waals surface area contributed by atoms with Crippen LogP contribution in [0.4, 0.5) is 9.59 Å². The smallest absolute Gasteiger partial charge is 0.420 e. The van der Waals surface area contributed by atoms with E-state index in [1.807, 2.05) is 0 Å². The minimum absolute atomic E-state index is 0.107. The van der Waals surface area contributed by atoms with Gasteiger partial charge in [-0.1, -0.05) is 0 Å². The molecule has 0 aliphatic heterocycles. The molecule has 0 spiro atoms. The van der Waals surface area contributed by atoms with Crippen LogP contribution in [0.15, 0.2) is 0 Å². The molecule has 0 bridgehead atoms. The van der Waals surface area contributed by atoms with Gasteiger partial charge in [0.15, 0.2) is 0 Å². The monoisotopic (exact) mass is 333 g/mol. The van der Waals surface area contributed by atoms with Crippen LogP contribution in [0.25, 0.3) is 0 Å². The minimum Gasteiger partial charge on any atom is -0.480 e. The van der Waals surface area contributed by atoms with Crippen molar-refractivity contribution >= 4 is 18.2 Å². The summed E-state index contributed by atoms with van der Waals surface area (Å²) in [5.41, 5.74) is -1.81. The lowest BCUT2D eigenvalue weighted by molar-refractivity contribution is -0.143. The molecule has 1 atom stereocenters. The Labute approximate surface area is 136 Å². The van der Waals surface area contributed by atoms with Crippen molar-refractivity contribution in [2.75, 3.05) is 6.61 Å². The third-order valence-corrected chi connectivity index (χ3v) is 2.41. The number of rotatable bonds is 5. The normalized spacial score (nSPS) is 13.2. The summed E-state index contributed by atoms with van der Waals surface area (Å²) >= 11 is 0. The van der Waals surface area contributed by atoms with Crippen molar-refractivity contribution in [3.05, 3.63) is 0 Å². The molecule has 0 aliphatic carbocycles. The number of amides is 2. The third kappa shape index (κ3) is 8.39. The number of aliphatic hydroxyl groups excluding tert-OH is 1. The van der Waals surface area contributed by atoms with E-state index in [0.29, 0.717) is 4.90 Å². The van der Waals surface area contributed by atoms with E-state index in [1.54, 1.807) is 41.5 Å². The van der Waals surface area contributed by atoms with Gasteiger partial charge in [0.1, 0.15) is 17.2 Å². The van der Waals surface area contributed by atoms with Crippen molar-refractivity contribution in [1.82, 2.24) is 4.90 Å². The number of carbonyl (C=O) groups is 3. The molecule has 0 aromatic heterocycles. The molecule has 0 aromatic carbocycles. The summed E-state index contributed by atoms with van der Waals surface area (Å²) < 4.78 is 10.2. The molecule has 2 N–H and O–H groups in total. The number of nitrogens with zero attached hydrogens (tertiary/aromatic N) is 1. The van der Waals surface area contributed by atoms with Gasteiger partial charge in [-0.2, -0.15) is 4.90 Å². The summed E-state index contributed by atoms with van der Waals surface area (Å²) in [5, 5.41) is 18.2. The van der Waals surface area contributed by atoms with Crippen molar-refractivity contribution in [3.8, 4) is 0 Å². The highest BCUT2D eigenvalue weighted by atomic mass is 16.6. The van der Waals surface area contributed by atoms with E-state index < -0.39 is 35.4 Å². The van der Waals surface area contributed by atoms with Gasteiger partial charge in [0.25, 0.3) is 0 Å². The molecular formula is C15H27NO7. The molecule has 0 aromatic rings. The Kier molecular flexibility index (Phi) is 7.50. The quantitative estimate of drug-likeness (QED) is 0.794. The second-order valence-corrected chi connectivity index (χ2v) is 7.05. The zero-order valence-electron chi connectivity index (χ0n) is 14.6. The predicted octanol–water partition coefficient (Wildman–Crippen LogP) is 2.38. The molecule has 2 amide bonds. The second-order valence-electron chi connectivity index (χ2n) is 7.05. The Hall–Kier alpha value is -1.83. The average molecular weight is 333 g/mol. The van der Waals surface area contributed by atoms with Crippen LogP contribution in [-0.2, 0) is 14.3 Å². The summed E-state index contributed by atoms with van der Waals surface area (Å²) in [6.07, 6.45) is -2.20. The van der Waals surface area contributed by atoms with Crippen molar-refractivity contribution in [3.63, 3.8) is 0 Å². The van der Waals surface area contributed by atoms with Gasteiger partial charge in [-0.05, 0) is 54.4 Å². The Morgan fingerprint density at radius 2 is 1.35 bits per heavy atom. The molecule has 0 unspecified atom stereocenters. The van der Waals surface area contributed by atoms with E-state index in [-0.39, 0.29) is 19.4 Å². The molecule has 134 valence electrons. The summed E-state index contributed by atoms with van der Waals surface area (Å²) in [6, 6.07) is -1.48. The van der Waals surface area contributed by atoms with Gasteiger partial charge in [0.2, 0.25) is 0 Å². The number of carbonyl (C=O) groups excluding carboxylic acids is 2. The van der Waals surface area contributed by atoms with Crippen LogP contribution in [0.1, 0.15) is 54.4 Å². The number of hydrogen-bond donors (Lipinski definition) is 2. The lowest BCUT2D eigenvalue weighted by Gasteiger charge is -2.31. The number of ether oxygens (including phenoxy) is 2. The van der Waals surface area contributed by atoms with Crippen molar-refractivity contribution in [1.29, 1.82) is 0 Å². The zero-order valence-corrected chi connectivity index (χ0v) is 14.6. The maximum Gasteiger partial charge on any atom is 0.420 e. The summed E-state index contributed by atoms with van der Waals surface area (Å²) in [4.78, 5) is 36.4. The largest absolute Gasteiger partial charge is 0.480 e. The first-order valence-corrected chi connectivity index (χ1v) is 7.37. The maximum atomic E-state index is 12.3. The molecule has 0 fully saturated rings. The lowest BCUT2D eigenvalue weighted by Crippen LogP contribution is -2.52. The van der Waals surface area contributed by atoms with E-state index in [4.69, 9.17) is 14.6 Å². The Bertz CT molecular complexity index is 406. The number of imide groups is 1. The van der Waals surface area contributed by atoms with Gasteiger partial charge in [0.05, 0.1) is 0 Å². The number of hydrogen-bond acceptors (Lipinski definition) is 6. The molecule has 0 rings (SSSR count). The summed E-state index contributed by atoms with van der Waals surface area (Å²) in [6.45, 7) is 9.33. The van der Waals surface area contributed by atoms with Gasteiger partial charge in [-0.15, -0.1) is 0 Å². The highest BCUT2D eigenvalue weighted by Gasteiger charge is 2.39. The van der Waals surface area contributed by atoms with Crippen molar-refractivity contribution in [2.45, 2.75) is 71.6 Å². The molecule has 8 nitrogen and oxygen atoms in total. The second kappa shape index (κ2) is 8.14. The molecule has 0 aliphatic rings. The summed E-state index contributed by atoms with van der Waals surface area (Å²) in [7, 11) is 0. The molecule has 8 heteroatoms. The molecule has 0 radical (unpaired) electrons. The zero-order chi connectivity index (χ0) is 18.4. The van der Waals surface area contributed by atoms with Crippen LogP contribution in [0, 0.1) is 0 Å². The van der Waals surface area contributed by atoms with Gasteiger partial charge in [0, 0.05) is 6.61 Å². The van der Waals surface area contributed by atoms with E-state index >= 15 is 0 Å². The number of aliphatic hydroxyl groups is 1. The third-order valence-electron chi connectivity index (χ3n) is 2.41. The molecule has 0 saturated carbocycles. The number of carboxylic acids is 1. The first-order chi connectivity index (χ1) is 10.3. The maximum absolute atomic E-state index is 12.3. The predicted molar refractivity (Wildman–Crippen MR) is 82.1 cm³/mol. The Balaban J connectivity index is 5.53. The topological polar surface area (TPSA) is 113 Å². The van der Waals surface area contributed by atoms with Crippen molar-refractivity contribution in [2.24, 2.45) is 0 Å². The van der Waals surface area contributed by atoms with E-state index in [0.717, 1.165) is 0 Å². The summed E-state index contributed by atoms with van der Waals surface area (Å²) in [5.74, 6) is -1.38. The van der Waals surface area contributed by atoms with E-state index in [9.17, 15) is 19.5 Å². The first-order valence-electron chi connectivity index (χ1n) is 7.37. The van der Waals surface area contributed by atoms with Crippen molar-refractivity contribution < 1.29 is 34.1 Å². The van der Waals surface area contributed by atoms with Crippen LogP contribution in [0.3, 0.4) is 0 Å². The molecule has 0 saturated heterocycles. The lowest BCUT2D eigenvalue weighted by atomic mass is 10.1. The molecule has 23 heavy (non-hydrogen) atoms. The van der Waals surface area contributed by atoms with Crippen LogP contribution in [-0.4, -0.2) is 57.1 Å². The fraction of sp³-hybridized carbons (Fsp3) is 0.800. The van der Waals surface area contributed by atoms with Gasteiger partial charge < -0.3 is 19.7 Å². The molecule has 0 heterocycles. The van der Waals surface area contributed by atoms with Crippen LogP contribution in [0.2, 0.25) is 0 Å². The SMILES string of the molecule is CC(C)(C)OC(=O)N(C(=O)OC(C)(C)C)[C@@H](CCCO)C(=O)O. The highest BCUT2D eigenvalue weighted by molar-refractivity contribution is 5.93. The minimum atomic E-state index is -1.48. The fourth-order valence-electron chi connectivity index (χ4n) is 1.60. The van der Waals surface area contributed by atoms with Crippen LogP contribution >= 0.6 is 0 Å². The highest BCUT2D eigenvalue weighted by Crippen LogP contribution is 2.19. The van der Waals surface area contributed by atoms with Crippen LogP contribution in [0.5, 0.6) is 0 Å². The first kappa shape index (κ1) is 21.2. The molecular weight excluding hydrogens is 306 g/mol.